The summed E-state index contributed by atoms with van der Waals surface area (Å²) in [5.41, 5.74) is -0.0903. The van der Waals surface area contributed by atoms with E-state index in [0.29, 0.717) is 5.41 Å². The summed E-state index contributed by atoms with van der Waals surface area (Å²) in [6.45, 7) is 6.90. The fourth-order valence-corrected chi connectivity index (χ4v) is 2.38. The lowest BCUT2D eigenvalue weighted by Crippen LogP contribution is -2.52. The number of rotatable bonds is 5. The predicted molar refractivity (Wildman–Crippen MR) is 67.3 cm³/mol. The molecule has 1 aliphatic carbocycles. The smallest absolute Gasteiger partial charge is 0.239 e. The predicted octanol–water partition coefficient (Wildman–Crippen LogP) is 2.07. The van der Waals surface area contributed by atoms with Crippen molar-refractivity contribution in [3.05, 3.63) is 0 Å². The molecule has 0 aromatic rings. The number of amides is 1. The highest BCUT2D eigenvalue weighted by atomic mass is 16.2. The molecule has 0 aliphatic heterocycles. The van der Waals surface area contributed by atoms with Crippen LogP contribution in [0.1, 0.15) is 52.9 Å². The summed E-state index contributed by atoms with van der Waals surface area (Å²) in [4.78, 5) is 11.9. The van der Waals surface area contributed by atoms with E-state index in [2.05, 4.69) is 17.6 Å². The Labute approximate surface area is 99.4 Å². The van der Waals surface area contributed by atoms with E-state index in [1.165, 1.54) is 32.1 Å². The van der Waals surface area contributed by atoms with Gasteiger partial charge in [-0.3, -0.25) is 4.79 Å². The molecule has 0 atom stereocenters. The maximum atomic E-state index is 11.9. The van der Waals surface area contributed by atoms with Gasteiger partial charge in [-0.2, -0.15) is 0 Å². The molecule has 0 heterocycles. The van der Waals surface area contributed by atoms with Gasteiger partial charge < -0.3 is 10.6 Å². The van der Waals surface area contributed by atoms with Gasteiger partial charge in [-0.25, -0.2) is 0 Å². The van der Waals surface area contributed by atoms with E-state index in [1.807, 2.05) is 20.9 Å². The topological polar surface area (TPSA) is 41.1 Å². The highest BCUT2D eigenvalue weighted by molar-refractivity contribution is 5.85. The number of likely N-dealkylation sites (N-methyl/N-ethyl adjacent to an activating group) is 1. The third-order valence-electron chi connectivity index (χ3n) is 4.23. The molecule has 1 amide bonds. The van der Waals surface area contributed by atoms with Crippen molar-refractivity contribution >= 4 is 5.91 Å². The zero-order valence-electron chi connectivity index (χ0n) is 11.2. The van der Waals surface area contributed by atoms with Crippen molar-refractivity contribution in [3.63, 3.8) is 0 Å². The average molecular weight is 226 g/mol. The fourth-order valence-electron chi connectivity index (χ4n) is 2.38. The lowest BCUT2D eigenvalue weighted by atomic mass is 9.83. The van der Waals surface area contributed by atoms with Crippen LogP contribution in [-0.4, -0.2) is 25.0 Å². The van der Waals surface area contributed by atoms with E-state index in [4.69, 9.17) is 0 Å². The second kappa shape index (κ2) is 5.17. The van der Waals surface area contributed by atoms with Gasteiger partial charge in [0.05, 0.1) is 5.54 Å². The SMILES string of the molecule is CCC1(CNC(=O)C(C)(C)NC)CCCC1. The monoisotopic (exact) mass is 226 g/mol. The summed E-state index contributed by atoms with van der Waals surface area (Å²) in [5.74, 6) is 0.106. The van der Waals surface area contributed by atoms with Crippen LogP contribution in [0.3, 0.4) is 0 Å². The maximum absolute atomic E-state index is 11.9. The minimum atomic E-state index is -0.465. The van der Waals surface area contributed by atoms with Crippen molar-refractivity contribution < 1.29 is 4.79 Å². The number of nitrogens with one attached hydrogen (secondary N) is 2. The first-order valence-corrected chi connectivity index (χ1v) is 6.43. The van der Waals surface area contributed by atoms with Gasteiger partial charge in [-0.05, 0) is 45.6 Å². The molecule has 1 saturated carbocycles. The number of carbonyl (C=O) groups is 1. The lowest BCUT2D eigenvalue weighted by molar-refractivity contribution is -0.126. The Morgan fingerprint density at radius 1 is 1.31 bits per heavy atom. The first-order chi connectivity index (χ1) is 7.46. The molecule has 0 saturated heterocycles. The third-order valence-corrected chi connectivity index (χ3v) is 4.23. The van der Waals surface area contributed by atoms with Crippen molar-refractivity contribution in [3.8, 4) is 0 Å². The summed E-state index contributed by atoms with van der Waals surface area (Å²) in [6.07, 6.45) is 6.35. The molecule has 0 aromatic heterocycles. The molecular formula is C13H26N2O. The zero-order chi connectivity index (χ0) is 12.2. The maximum Gasteiger partial charge on any atom is 0.239 e. The van der Waals surface area contributed by atoms with Gasteiger partial charge >= 0.3 is 0 Å². The number of carbonyl (C=O) groups excluding carboxylic acids is 1. The van der Waals surface area contributed by atoms with E-state index in [0.717, 1.165) is 6.54 Å². The van der Waals surface area contributed by atoms with Crippen LogP contribution in [0.4, 0.5) is 0 Å². The summed E-state index contributed by atoms with van der Waals surface area (Å²) in [6, 6.07) is 0. The van der Waals surface area contributed by atoms with Crippen LogP contribution in [0.5, 0.6) is 0 Å². The molecule has 16 heavy (non-hydrogen) atoms. The Morgan fingerprint density at radius 3 is 2.31 bits per heavy atom. The molecule has 0 spiro atoms. The largest absolute Gasteiger partial charge is 0.354 e. The summed E-state index contributed by atoms with van der Waals surface area (Å²) in [7, 11) is 1.82. The minimum Gasteiger partial charge on any atom is -0.354 e. The quantitative estimate of drug-likeness (QED) is 0.753. The molecule has 94 valence electrons. The Bertz CT molecular complexity index is 242. The molecule has 0 radical (unpaired) electrons. The third kappa shape index (κ3) is 2.97. The van der Waals surface area contributed by atoms with Gasteiger partial charge in [0.2, 0.25) is 5.91 Å². The molecule has 0 aromatic carbocycles. The minimum absolute atomic E-state index is 0.106. The van der Waals surface area contributed by atoms with Crippen LogP contribution in [0, 0.1) is 5.41 Å². The van der Waals surface area contributed by atoms with Crippen molar-refractivity contribution in [1.29, 1.82) is 0 Å². The van der Waals surface area contributed by atoms with E-state index >= 15 is 0 Å². The molecular weight excluding hydrogens is 200 g/mol. The van der Waals surface area contributed by atoms with Gasteiger partial charge in [0, 0.05) is 6.54 Å². The van der Waals surface area contributed by atoms with Gasteiger partial charge in [-0.15, -0.1) is 0 Å². The normalized spacial score (nSPS) is 19.8. The molecule has 3 nitrogen and oxygen atoms in total. The van der Waals surface area contributed by atoms with E-state index < -0.39 is 5.54 Å². The van der Waals surface area contributed by atoms with Crippen LogP contribution in [0.15, 0.2) is 0 Å². The van der Waals surface area contributed by atoms with Crippen LogP contribution in [0.25, 0.3) is 0 Å². The Hall–Kier alpha value is -0.570. The Morgan fingerprint density at radius 2 is 1.88 bits per heavy atom. The fraction of sp³-hybridized carbons (Fsp3) is 0.923. The standard InChI is InChI=1S/C13H26N2O/c1-5-13(8-6-7-9-13)10-15-11(16)12(2,3)14-4/h14H,5-10H2,1-4H3,(H,15,16). The first-order valence-electron chi connectivity index (χ1n) is 6.43. The van der Waals surface area contributed by atoms with Gasteiger partial charge in [0.25, 0.3) is 0 Å². The second-order valence-electron chi connectivity index (χ2n) is 5.62. The van der Waals surface area contributed by atoms with Crippen molar-refractivity contribution in [2.75, 3.05) is 13.6 Å². The van der Waals surface area contributed by atoms with Crippen LogP contribution in [-0.2, 0) is 4.79 Å². The Kier molecular flexibility index (Phi) is 4.36. The van der Waals surface area contributed by atoms with Crippen LogP contribution >= 0.6 is 0 Å². The van der Waals surface area contributed by atoms with Crippen molar-refractivity contribution in [2.24, 2.45) is 5.41 Å². The van der Waals surface area contributed by atoms with E-state index in [1.54, 1.807) is 0 Å². The van der Waals surface area contributed by atoms with Crippen LogP contribution in [0.2, 0.25) is 0 Å². The summed E-state index contributed by atoms with van der Waals surface area (Å²) in [5, 5.41) is 6.14. The van der Waals surface area contributed by atoms with Crippen molar-refractivity contribution in [1.82, 2.24) is 10.6 Å². The summed E-state index contributed by atoms with van der Waals surface area (Å²) < 4.78 is 0. The number of hydrogen-bond donors (Lipinski definition) is 2. The van der Waals surface area contributed by atoms with Gasteiger partial charge in [0.15, 0.2) is 0 Å². The molecule has 0 bridgehead atoms. The highest BCUT2D eigenvalue weighted by Gasteiger charge is 2.34. The van der Waals surface area contributed by atoms with E-state index in [9.17, 15) is 4.79 Å². The van der Waals surface area contributed by atoms with E-state index in [-0.39, 0.29) is 5.91 Å². The van der Waals surface area contributed by atoms with Gasteiger partial charge in [-0.1, -0.05) is 19.8 Å². The second-order valence-corrected chi connectivity index (χ2v) is 5.62. The van der Waals surface area contributed by atoms with Crippen molar-refractivity contribution in [2.45, 2.75) is 58.4 Å². The Balaban J connectivity index is 2.47. The highest BCUT2D eigenvalue weighted by Crippen LogP contribution is 2.40. The molecule has 0 unspecified atom stereocenters. The molecule has 1 aliphatic rings. The average Bonchev–Trinajstić information content (AvgIpc) is 2.75. The van der Waals surface area contributed by atoms with Gasteiger partial charge in [0.1, 0.15) is 0 Å². The molecule has 1 fully saturated rings. The lowest BCUT2D eigenvalue weighted by Gasteiger charge is -2.30. The molecule has 3 heteroatoms. The summed E-state index contributed by atoms with van der Waals surface area (Å²) >= 11 is 0. The number of hydrogen-bond acceptors (Lipinski definition) is 2. The zero-order valence-corrected chi connectivity index (χ0v) is 11.2. The van der Waals surface area contributed by atoms with Crippen LogP contribution < -0.4 is 10.6 Å². The first kappa shape index (κ1) is 13.5. The molecule has 1 rings (SSSR count). The molecule has 2 N–H and O–H groups in total.